The molecule has 0 unspecified atom stereocenters. The predicted molar refractivity (Wildman–Crippen MR) is 54.6 cm³/mol. The summed E-state index contributed by atoms with van der Waals surface area (Å²) in [6, 6.07) is 4.79. The molecule has 0 atom stereocenters. The average Bonchev–Trinajstić information content (AvgIpc) is 2.37. The molecule has 78 valence electrons. The monoisotopic (exact) mass is 207 g/mol. The lowest BCUT2D eigenvalue weighted by Crippen LogP contribution is -2.30. The van der Waals surface area contributed by atoms with Crippen LogP contribution in [-0.4, -0.2) is 29.7 Å². The highest BCUT2D eigenvalue weighted by Crippen LogP contribution is 2.17. The van der Waals surface area contributed by atoms with E-state index < -0.39 is 7.12 Å². The number of carbonyl (C=O) groups excluding carboxylic acids is 1. The molecule has 0 aromatic heterocycles. The number of amides is 1. The van der Waals surface area contributed by atoms with Crippen LogP contribution in [0.15, 0.2) is 18.2 Å². The normalized spacial score (nSPS) is 15.2. The van der Waals surface area contributed by atoms with Gasteiger partial charge in [0.15, 0.2) is 0 Å². The van der Waals surface area contributed by atoms with Crippen molar-refractivity contribution in [2.24, 2.45) is 0 Å². The van der Waals surface area contributed by atoms with Crippen LogP contribution >= 0.6 is 0 Å². The number of hydrogen-bond acceptors (Lipinski definition) is 4. The zero-order chi connectivity index (χ0) is 10.8. The Hall–Kier alpha value is -1.37. The lowest BCUT2D eigenvalue weighted by Gasteiger charge is -2.07. The number of rotatable bonds is 1. The summed E-state index contributed by atoms with van der Waals surface area (Å²) in [6.07, 6.45) is 0. The molecule has 1 aromatic rings. The van der Waals surface area contributed by atoms with Crippen molar-refractivity contribution in [1.29, 1.82) is 0 Å². The van der Waals surface area contributed by atoms with Crippen LogP contribution in [-0.2, 0) is 16.1 Å². The molecule has 1 aromatic carbocycles. The van der Waals surface area contributed by atoms with E-state index >= 15 is 0 Å². The second kappa shape index (κ2) is 4.02. The zero-order valence-corrected chi connectivity index (χ0v) is 7.93. The fourth-order valence-electron chi connectivity index (χ4n) is 1.46. The highest BCUT2D eigenvalue weighted by molar-refractivity contribution is 6.58. The third-order valence-electron chi connectivity index (χ3n) is 2.19. The van der Waals surface area contributed by atoms with E-state index in [4.69, 9.17) is 14.8 Å². The molecule has 2 rings (SSSR count). The molecule has 0 aliphatic carbocycles. The molecule has 1 aliphatic heterocycles. The van der Waals surface area contributed by atoms with E-state index in [-0.39, 0.29) is 19.1 Å². The molecule has 1 amide bonds. The van der Waals surface area contributed by atoms with Crippen molar-refractivity contribution >= 4 is 24.2 Å². The first-order valence-corrected chi connectivity index (χ1v) is 4.53. The molecule has 3 N–H and O–H groups in total. The highest BCUT2D eigenvalue weighted by atomic mass is 16.5. The van der Waals surface area contributed by atoms with Crippen molar-refractivity contribution in [3.05, 3.63) is 23.8 Å². The van der Waals surface area contributed by atoms with Crippen LogP contribution in [0, 0.1) is 0 Å². The molecular formula is C9H10BNO4. The van der Waals surface area contributed by atoms with Gasteiger partial charge in [-0.05, 0) is 11.5 Å². The SMILES string of the molecule is O=C1COCc2cc(B(O)O)ccc2N1. The molecular weight excluding hydrogens is 197 g/mol. The standard InChI is InChI=1S/C9H10BNO4/c12-9-5-15-4-6-3-7(10(13)14)1-2-8(6)11-9/h1-3,13-14H,4-5H2,(H,11,12). The molecule has 0 radical (unpaired) electrons. The number of carbonyl (C=O) groups is 1. The maximum atomic E-state index is 11.1. The van der Waals surface area contributed by atoms with Gasteiger partial charge in [-0.1, -0.05) is 12.1 Å². The Bertz CT molecular complexity index is 394. The second-order valence-corrected chi connectivity index (χ2v) is 3.33. The van der Waals surface area contributed by atoms with Crippen molar-refractivity contribution < 1.29 is 19.6 Å². The first kappa shape index (κ1) is 10.2. The molecule has 0 saturated carbocycles. The Labute approximate surface area is 86.8 Å². The Morgan fingerprint density at radius 3 is 2.87 bits per heavy atom. The van der Waals surface area contributed by atoms with E-state index in [9.17, 15) is 4.79 Å². The lowest BCUT2D eigenvalue weighted by atomic mass is 9.79. The Kier molecular flexibility index (Phi) is 2.72. The van der Waals surface area contributed by atoms with Crippen LogP contribution in [0.25, 0.3) is 0 Å². The molecule has 1 aliphatic rings. The first-order chi connectivity index (χ1) is 7.16. The van der Waals surface area contributed by atoms with Gasteiger partial charge in [0.05, 0.1) is 6.61 Å². The van der Waals surface area contributed by atoms with E-state index in [1.54, 1.807) is 18.2 Å². The largest absolute Gasteiger partial charge is 0.488 e. The van der Waals surface area contributed by atoms with Crippen LogP contribution in [0.4, 0.5) is 5.69 Å². The summed E-state index contributed by atoms with van der Waals surface area (Å²) in [5.41, 5.74) is 1.78. The van der Waals surface area contributed by atoms with Gasteiger partial charge in [0.25, 0.3) is 0 Å². The summed E-state index contributed by atoms with van der Waals surface area (Å²) >= 11 is 0. The molecule has 6 heteroatoms. The van der Waals surface area contributed by atoms with Gasteiger partial charge < -0.3 is 20.1 Å². The molecule has 1 heterocycles. The summed E-state index contributed by atoms with van der Waals surface area (Å²) in [6.45, 7) is 0.306. The van der Waals surface area contributed by atoms with E-state index in [0.717, 1.165) is 5.56 Å². The van der Waals surface area contributed by atoms with Gasteiger partial charge in [-0.2, -0.15) is 0 Å². The van der Waals surface area contributed by atoms with Gasteiger partial charge in [0.1, 0.15) is 6.61 Å². The smallest absolute Gasteiger partial charge is 0.423 e. The minimum atomic E-state index is -1.51. The number of hydrogen-bond donors (Lipinski definition) is 3. The number of fused-ring (bicyclic) bond motifs is 1. The van der Waals surface area contributed by atoms with Crippen LogP contribution in [0.2, 0.25) is 0 Å². The van der Waals surface area contributed by atoms with Crippen molar-refractivity contribution in [1.82, 2.24) is 0 Å². The summed E-state index contributed by atoms with van der Waals surface area (Å²) in [5, 5.41) is 20.6. The Balaban J connectivity index is 2.35. The Morgan fingerprint density at radius 2 is 2.13 bits per heavy atom. The summed E-state index contributed by atoms with van der Waals surface area (Å²) < 4.78 is 5.09. The molecule has 0 saturated heterocycles. The van der Waals surface area contributed by atoms with Gasteiger partial charge in [0, 0.05) is 11.3 Å². The molecule has 0 bridgehead atoms. The highest BCUT2D eigenvalue weighted by Gasteiger charge is 2.17. The molecule has 0 fully saturated rings. The van der Waals surface area contributed by atoms with Crippen LogP contribution < -0.4 is 10.8 Å². The topological polar surface area (TPSA) is 78.8 Å². The van der Waals surface area contributed by atoms with E-state index in [1.807, 2.05) is 0 Å². The van der Waals surface area contributed by atoms with E-state index in [1.165, 1.54) is 0 Å². The predicted octanol–water partition coefficient (Wildman–Crippen LogP) is -1.16. The minimum Gasteiger partial charge on any atom is -0.423 e. The molecule has 15 heavy (non-hydrogen) atoms. The lowest BCUT2D eigenvalue weighted by molar-refractivity contribution is -0.120. The van der Waals surface area contributed by atoms with Crippen molar-refractivity contribution in [2.75, 3.05) is 11.9 Å². The van der Waals surface area contributed by atoms with E-state index in [2.05, 4.69) is 5.32 Å². The molecule has 5 nitrogen and oxygen atoms in total. The maximum absolute atomic E-state index is 11.1. The van der Waals surface area contributed by atoms with Gasteiger partial charge in [-0.15, -0.1) is 0 Å². The van der Waals surface area contributed by atoms with Gasteiger partial charge in [-0.3, -0.25) is 4.79 Å². The second-order valence-electron chi connectivity index (χ2n) is 3.33. The van der Waals surface area contributed by atoms with Crippen molar-refractivity contribution in [2.45, 2.75) is 6.61 Å². The number of benzene rings is 1. The molecule has 0 spiro atoms. The van der Waals surface area contributed by atoms with Crippen molar-refractivity contribution in [3.63, 3.8) is 0 Å². The first-order valence-electron chi connectivity index (χ1n) is 4.53. The number of nitrogens with one attached hydrogen (secondary N) is 1. The zero-order valence-electron chi connectivity index (χ0n) is 7.93. The summed E-state index contributed by atoms with van der Waals surface area (Å²) in [4.78, 5) is 11.1. The summed E-state index contributed by atoms with van der Waals surface area (Å²) in [5.74, 6) is -0.203. The van der Waals surface area contributed by atoms with Crippen LogP contribution in [0.5, 0.6) is 0 Å². The fraction of sp³-hybridized carbons (Fsp3) is 0.222. The van der Waals surface area contributed by atoms with Crippen LogP contribution in [0.3, 0.4) is 0 Å². The van der Waals surface area contributed by atoms with Gasteiger partial charge >= 0.3 is 7.12 Å². The third-order valence-corrected chi connectivity index (χ3v) is 2.19. The average molecular weight is 207 g/mol. The van der Waals surface area contributed by atoms with Crippen LogP contribution in [0.1, 0.15) is 5.56 Å². The maximum Gasteiger partial charge on any atom is 0.488 e. The van der Waals surface area contributed by atoms with Gasteiger partial charge in [0.2, 0.25) is 5.91 Å². The van der Waals surface area contributed by atoms with Crippen molar-refractivity contribution in [3.8, 4) is 0 Å². The fourth-order valence-corrected chi connectivity index (χ4v) is 1.46. The third kappa shape index (κ3) is 2.17. The Morgan fingerprint density at radius 1 is 1.33 bits per heavy atom. The minimum absolute atomic E-state index is 0.0195. The quantitative estimate of drug-likeness (QED) is 0.507. The van der Waals surface area contributed by atoms with E-state index in [0.29, 0.717) is 11.2 Å². The van der Waals surface area contributed by atoms with Gasteiger partial charge in [-0.25, -0.2) is 0 Å². The number of anilines is 1. The number of ether oxygens (including phenoxy) is 1. The summed E-state index contributed by atoms with van der Waals surface area (Å²) in [7, 11) is -1.51.